The second kappa shape index (κ2) is 5.36. The molecule has 1 N–H and O–H groups in total. The Bertz CT molecular complexity index is 262. The van der Waals surface area contributed by atoms with Crippen LogP contribution in [0.2, 0.25) is 0 Å². The fraction of sp³-hybridized carbons (Fsp3) is 0.692. The van der Waals surface area contributed by atoms with Gasteiger partial charge in [-0.3, -0.25) is 0 Å². The van der Waals surface area contributed by atoms with E-state index in [1.54, 1.807) is 6.26 Å². The Labute approximate surface area is 92.1 Å². The van der Waals surface area contributed by atoms with Gasteiger partial charge < -0.3 is 9.73 Å². The fourth-order valence-electron chi connectivity index (χ4n) is 2.50. The zero-order valence-corrected chi connectivity index (χ0v) is 9.54. The van der Waals surface area contributed by atoms with Crippen molar-refractivity contribution in [2.75, 3.05) is 6.54 Å². The van der Waals surface area contributed by atoms with Gasteiger partial charge in [0.1, 0.15) is 5.76 Å². The van der Waals surface area contributed by atoms with E-state index in [2.05, 4.69) is 12.2 Å². The summed E-state index contributed by atoms with van der Waals surface area (Å²) in [5.74, 6) is 1.99. The maximum absolute atomic E-state index is 5.30. The first kappa shape index (κ1) is 10.7. The summed E-state index contributed by atoms with van der Waals surface area (Å²) in [7, 11) is 0. The lowest BCUT2D eigenvalue weighted by Gasteiger charge is -2.19. The standard InChI is InChI=1S/C13H21NO/c1-11(12-5-2-3-6-12)14-9-8-13-7-4-10-15-13/h4,7,10-12,14H,2-3,5-6,8-9H2,1H3. The molecule has 1 unspecified atom stereocenters. The number of nitrogens with one attached hydrogen (secondary N) is 1. The minimum absolute atomic E-state index is 0.669. The van der Waals surface area contributed by atoms with Crippen LogP contribution >= 0.6 is 0 Å². The molecule has 15 heavy (non-hydrogen) atoms. The summed E-state index contributed by atoms with van der Waals surface area (Å²) in [5.41, 5.74) is 0. The van der Waals surface area contributed by atoms with E-state index in [1.165, 1.54) is 25.7 Å². The molecule has 2 rings (SSSR count). The molecule has 0 aromatic carbocycles. The molecule has 0 bridgehead atoms. The quantitative estimate of drug-likeness (QED) is 0.803. The van der Waals surface area contributed by atoms with Crippen molar-refractivity contribution < 1.29 is 4.42 Å². The average Bonchev–Trinajstić information content (AvgIpc) is 2.90. The molecular weight excluding hydrogens is 186 g/mol. The molecule has 0 radical (unpaired) electrons. The van der Waals surface area contributed by atoms with Crippen molar-refractivity contribution in [3.63, 3.8) is 0 Å². The predicted molar refractivity (Wildman–Crippen MR) is 61.8 cm³/mol. The van der Waals surface area contributed by atoms with Crippen molar-refractivity contribution in [2.45, 2.75) is 45.1 Å². The summed E-state index contributed by atoms with van der Waals surface area (Å²) < 4.78 is 5.30. The second-order valence-electron chi connectivity index (χ2n) is 4.62. The largest absolute Gasteiger partial charge is 0.469 e. The highest BCUT2D eigenvalue weighted by Crippen LogP contribution is 2.27. The van der Waals surface area contributed by atoms with E-state index in [4.69, 9.17) is 4.42 Å². The molecular formula is C13H21NO. The molecule has 0 spiro atoms. The zero-order valence-electron chi connectivity index (χ0n) is 9.54. The molecule has 2 nitrogen and oxygen atoms in total. The van der Waals surface area contributed by atoms with E-state index in [0.717, 1.165) is 24.6 Å². The van der Waals surface area contributed by atoms with Crippen molar-refractivity contribution in [2.24, 2.45) is 5.92 Å². The molecule has 0 saturated heterocycles. The first-order chi connectivity index (χ1) is 7.36. The molecule has 1 aromatic rings. The van der Waals surface area contributed by atoms with E-state index < -0.39 is 0 Å². The van der Waals surface area contributed by atoms with Crippen LogP contribution in [0.1, 0.15) is 38.4 Å². The monoisotopic (exact) mass is 207 g/mol. The molecule has 84 valence electrons. The predicted octanol–water partition coefficient (Wildman–Crippen LogP) is 2.99. The van der Waals surface area contributed by atoms with Crippen molar-refractivity contribution in [3.05, 3.63) is 24.2 Å². The molecule has 2 heteroatoms. The summed E-state index contributed by atoms with van der Waals surface area (Å²) in [4.78, 5) is 0. The van der Waals surface area contributed by atoms with Crippen LogP contribution in [0.5, 0.6) is 0 Å². The molecule has 1 atom stereocenters. The minimum Gasteiger partial charge on any atom is -0.469 e. The van der Waals surface area contributed by atoms with Crippen molar-refractivity contribution in [3.8, 4) is 0 Å². The van der Waals surface area contributed by atoms with Gasteiger partial charge >= 0.3 is 0 Å². The molecule has 0 amide bonds. The number of hydrogen-bond acceptors (Lipinski definition) is 2. The smallest absolute Gasteiger partial charge is 0.105 e. The van der Waals surface area contributed by atoms with Gasteiger partial charge in [-0.25, -0.2) is 0 Å². The van der Waals surface area contributed by atoms with Crippen molar-refractivity contribution in [1.29, 1.82) is 0 Å². The topological polar surface area (TPSA) is 25.2 Å². The molecule has 1 aliphatic rings. The Kier molecular flexibility index (Phi) is 3.84. The molecule has 1 aliphatic carbocycles. The van der Waals surface area contributed by atoms with Gasteiger partial charge in [0.15, 0.2) is 0 Å². The lowest BCUT2D eigenvalue weighted by atomic mass is 10.00. The maximum atomic E-state index is 5.30. The third-order valence-electron chi connectivity index (χ3n) is 3.52. The fourth-order valence-corrected chi connectivity index (χ4v) is 2.50. The Hall–Kier alpha value is -0.760. The van der Waals surface area contributed by atoms with Crippen LogP contribution in [0.25, 0.3) is 0 Å². The lowest BCUT2D eigenvalue weighted by molar-refractivity contribution is 0.378. The molecule has 1 aromatic heterocycles. The number of furan rings is 1. The van der Waals surface area contributed by atoms with Crippen molar-refractivity contribution >= 4 is 0 Å². The highest BCUT2D eigenvalue weighted by molar-refractivity contribution is 4.98. The summed E-state index contributed by atoms with van der Waals surface area (Å²) in [5, 5.41) is 3.60. The average molecular weight is 207 g/mol. The Morgan fingerprint density at radius 1 is 1.47 bits per heavy atom. The molecule has 1 fully saturated rings. The van der Waals surface area contributed by atoms with E-state index in [-0.39, 0.29) is 0 Å². The Morgan fingerprint density at radius 3 is 2.93 bits per heavy atom. The van der Waals surface area contributed by atoms with E-state index in [0.29, 0.717) is 6.04 Å². The number of rotatable bonds is 5. The van der Waals surface area contributed by atoms with Gasteiger partial charge in [-0.05, 0) is 37.8 Å². The third-order valence-corrected chi connectivity index (χ3v) is 3.52. The Morgan fingerprint density at radius 2 is 2.27 bits per heavy atom. The van der Waals surface area contributed by atoms with Gasteiger partial charge in [0, 0.05) is 19.0 Å². The SMILES string of the molecule is CC(NCCc1ccco1)C1CCCC1. The highest BCUT2D eigenvalue weighted by atomic mass is 16.3. The van der Waals surface area contributed by atoms with Gasteiger partial charge in [0.2, 0.25) is 0 Å². The van der Waals surface area contributed by atoms with Gasteiger partial charge in [0.25, 0.3) is 0 Å². The molecule has 1 saturated carbocycles. The maximum Gasteiger partial charge on any atom is 0.105 e. The van der Waals surface area contributed by atoms with Crippen molar-refractivity contribution in [1.82, 2.24) is 5.32 Å². The van der Waals surface area contributed by atoms with E-state index >= 15 is 0 Å². The summed E-state index contributed by atoms with van der Waals surface area (Å²) in [6.45, 7) is 3.35. The van der Waals surface area contributed by atoms with Gasteiger partial charge in [0.05, 0.1) is 6.26 Å². The van der Waals surface area contributed by atoms with Crippen LogP contribution < -0.4 is 5.32 Å². The Balaban J connectivity index is 1.64. The molecule has 0 aliphatic heterocycles. The summed E-state index contributed by atoms with van der Waals surface area (Å²) >= 11 is 0. The van der Waals surface area contributed by atoms with Crippen LogP contribution in [-0.2, 0) is 6.42 Å². The van der Waals surface area contributed by atoms with Crippen LogP contribution in [0.3, 0.4) is 0 Å². The summed E-state index contributed by atoms with van der Waals surface area (Å²) in [6, 6.07) is 4.67. The minimum atomic E-state index is 0.669. The van der Waals surface area contributed by atoms with Gasteiger partial charge in [-0.2, -0.15) is 0 Å². The van der Waals surface area contributed by atoms with Crippen LogP contribution in [0.15, 0.2) is 22.8 Å². The highest BCUT2D eigenvalue weighted by Gasteiger charge is 2.20. The third kappa shape index (κ3) is 3.10. The van der Waals surface area contributed by atoms with Crippen LogP contribution in [0, 0.1) is 5.92 Å². The second-order valence-corrected chi connectivity index (χ2v) is 4.62. The van der Waals surface area contributed by atoms with E-state index in [9.17, 15) is 0 Å². The first-order valence-electron chi connectivity index (χ1n) is 6.12. The van der Waals surface area contributed by atoms with Gasteiger partial charge in [-0.1, -0.05) is 12.8 Å². The number of hydrogen-bond donors (Lipinski definition) is 1. The van der Waals surface area contributed by atoms with E-state index in [1.807, 2.05) is 12.1 Å². The zero-order chi connectivity index (χ0) is 10.5. The first-order valence-corrected chi connectivity index (χ1v) is 6.12. The summed E-state index contributed by atoms with van der Waals surface area (Å²) in [6.07, 6.45) is 8.42. The lowest BCUT2D eigenvalue weighted by Crippen LogP contribution is -2.33. The normalized spacial score (nSPS) is 19.5. The van der Waals surface area contributed by atoms with Gasteiger partial charge in [-0.15, -0.1) is 0 Å². The van der Waals surface area contributed by atoms with Crippen LogP contribution in [0.4, 0.5) is 0 Å². The van der Waals surface area contributed by atoms with Crippen LogP contribution in [-0.4, -0.2) is 12.6 Å². The molecule has 1 heterocycles.